The Morgan fingerprint density at radius 2 is 2.21 bits per heavy atom. The number of thiophene rings is 1. The van der Waals surface area contributed by atoms with E-state index in [0.29, 0.717) is 0 Å². The van der Waals surface area contributed by atoms with Gasteiger partial charge < -0.3 is 4.40 Å². The molecule has 3 heterocycles. The third-order valence-corrected chi connectivity index (χ3v) is 4.04. The summed E-state index contributed by atoms with van der Waals surface area (Å²) in [5, 5.41) is 11.3. The first-order chi connectivity index (χ1) is 9.20. The van der Waals surface area contributed by atoms with Crippen LogP contribution < -0.4 is 0 Å². The average molecular weight is 267 g/mol. The third kappa shape index (κ3) is 1.92. The summed E-state index contributed by atoms with van der Waals surface area (Å²) < 4.78 is 2.04. The van der Waals surface area contributed by atoms with Gasteiger partial charge in [0, 0.05) is 6.20 Å². The number of hydrogen-bond acceptors (Lipinski definition) is 3. The molecule has 0 aliphatic carbocycles. The molecule has 0 radical (unpaired) electrons. The minimum atomic E-state index is -0.186. The van der Waals surface area contributed by atoms with Gasteiger partial charge in [-0.25, -0.2) is 4.98 Å². The largest absolute Gasteiger partial charge is 0.302 e. The van der Waals surface area contributed by atoms with Crippen LogP contribution in [0.5, 0.6) is 0 Å². The molecule has 3 nitrogen and oxygen atoms in total. The van der Waals surface area contributed by atoms with Crippen LogP contribution in [-0.4, -0.2) is 9.38 Å². The molecule has 0 saturated carbocycles. The third-order valence-electron chi connectivity index (χ3n) is 3.16. The molecule has 0 aromatic carbocycles. The summed E-state index contributed by atoms with van der Waals surface area (Å²) in [5.41, 5.74) is 3.96. The molecule has 0 amide bonds. The smallest absolute Gasteiger partial charge is 0.137 e. The van der Waals surface area contributed by atoms with E-state index in [4.69, 9.17) is 0 Å². The Morgan fingerprint density at radius 1 is 1.37 bits per heavy atom. The van der Waals surface area contributed by atoms with E-state index >= 15 is 0 Å². The van der Waals surface area contributed by atoms with Crippen LogP contribution in [0.2, 0.25) is 0 Å². The molecule has 0 aliphatic heterocycles. The van der Waals surface area contributed by atoms with Gasteiger partial charge in [0.15, 0.2) is 0 Å². The summed E-state index contributed by atoms with van der Waals surface area (Å²) in [6.07, 6.45) is 2.04. The Morgan fingerprint density at radius 3 is 2.89 bits per heavy atom. The van der Waals surface area contributed by atoms with E-state index in [0.717, 1.165) is 27.5 Å². The molecule has 0 N–H and O–H groups in total. The summed E-state index contributed by atoms with van der Waals surface area (Å²) in [4.78, 5) is 5.80. The number of imidazole rings is 1. The van der Waals surface area contributed by atoms with Crippen molar-refractivity contribution in [3.63, 3.8) is 0 Å². The topological polar surface area (TPSA) is 41.1 Å². The van der Waals surface area contributed by atoms with Gasteiger partial charge in [0.1, 0.15) is 11.3 Å². The van der Waals surface area contributed by atoms with Crippen molar-refractivity contribution in [2.45, 2.75) is 19.8 Å². The van der Waals surface area contributed by atoms with E-state index in [1.165, 1.54) is 0 Å². The normalized spacial score (nSPS) is 12.5. The SMILES string of the molecule is Cc1ccc2nc(-c3cccs3)c(C(C)C#N)n2c1. The first kappa shape index (κ1) is 11.9. The average Bonchev–Trinajstić information content (AvgIpc) is 3.03. The monoisotopic (exact) mass is 267 g/mol. The van der Waals surface area contributed by atoms with Crippen LogP contribution >= 0.6 is 11.3 Å². The fourth-order valence-electron chi connectivity index (χ4n) is 2.24. The van der Waals surface area contributed by atoms with Crippen LogP contribution in [0, 0.1) is 18.3 Å². The molecule has 3 rings (SSSR count). The summed E-state index contributed by atoms with van der Waals surface area (Å²) in [5.74, 6) is -0.186. The van der Waals surface area contributed by atoms with Crippen molar-refractivity contribution in [1.29, 1.82) is 5.26 Å². The maximum Gasteiger partial charge on any atom is 0.137 e. The predicted octanol–water partition coefficient (Wildman–Crippen LogP) is 4.00. The highest BCUT2D eigenvalue weighted by Gasteiger charge is 2.19. The van der Waals surface area contributed by atoms with Gasteiger partial charge in [0.2, 0.25) is 0 Å². The van der Waals surface area contributed by atoms with Gasteiger partial charge in [0.05, 0.1) is 22.6 Å². The molecule has 0 bridgehead atoms. The Kier molecular flexibility index (Phi) is 2.84. The maximum absolute atomic E-state index is 9.27. The first-order valence-corrected chi connectivity index (χ1v) is 7.01. The highest BCUT2D eigenvalue weighted by Crippen LogP contribution is 2.32. The van der Waals surface area contributed by atoms with E-state index in [1.807, 2.05) is 54.1 Å². The van der Waals surface area contributed by atoms with Gasteiger partial charge >= 0.3 is 0 Å². The lowest BCUT2D eigenvalue weighted by atomic mass is 10.1. The van der Waals surface area contributed by atoms with Crippen LogP contribution in [0.25, 0.3) is 16.2 Å². The van der Waals surface area contributed by atoms with Gasteiger partial charge in [0.25, 0.3) is 0 Å². The number of nitrogens with zero attached hydrogens (tertiary/aromatic N) is 3. The number of rotatable bonds is 2. The fraction of sp³-hybridized carbons (Fsp3) is 0.200. The number of aromatic nitrogens is 2. The van der Waals surface area contributed by atoms with Crippen molar-refractivity contribution in [2.24, 2.45) is 0 Å². The second-order valence-electron chi connectivity index (χ2n) is 4.61. The Labute approximate surface area is 115 Å². The summed E-state index contributed by atoms with van der Waals surface area (Å²) in [6, 6.07) is 10.4. The quantitative estimate of drug-likeness (QED) is 0.704. The van der Waals surface area contributed by atoms with Gasteiger partial charge in [-0.3, -0.25) is 0 Å². The lowest BCUT2D eigenvalue weighted by Crippen LogP contribution is -1.98. The molecule has 0 aliphatic rings. The second-order valence-corrected chi connectivity index (χ2v) is 5.56. The molecule has 0 saturated heterocycles. The Bertz CT molecular complexity index is 763. The molecule has 0 spiro atoms. The molecule has 3 aromatic rings. The number of aryl methyl sites for hydroxylation is 1. The van der Waals surface area contributed by atoms with E-state index in [1.54, 1.807) is 11.3 Å². The van der Waals surface area contributed by atoms with E-state index in [-0.39, 0.29) is 5.92 Å². The molecule has 3 aromatic heterocycles. The molecule has 0 fully saturated rings. The van der Waals surface area contributed by atoms with Gasteiger partial charge in [-0.2, -0.15) is 5.26 Å². The molecular weight excluding hydrogens is 254 g/mol. The van der Waals surface area contributed by atoms with Crippen molar-refractivity contribution < 1.29 is 0 Å². The van der Waals surface area contributed by atoms with Gasteiger partial charge in [-0.1, -0.05) is 12.1 Å². The highest BCUT2D eigenvalue weighted by molar-refractivity contribution is 7.13. The molecule has 94 valence electrons. The van der Waals surface area contributed by atoms with Crippen LogP contribution in [0.4, 0.5) is 0 Å². The van der Waals surface area contributed by atoms with Crippen LogP contribution in [0.3, 0.4) is 0 Å². The molecule has 1 atom stereocenters. The summed E-state index contributed by atoms with van der Waals surface area (Å²) in [6.45, 7) is 3.97. The zero-order valence-corrected chi connectivity index (χ0v) is 11.6. The van der Waals surface area contributed by atoms with Gasteiger partial charge in [-0.15, -0.1) is 11.3 Å². The zero-order valence-electron chi connectivity index (χ0n) is 10.8. The summed E-state index contributed by atoms with van der Waals surface area (Å²) >= 11 is 1.65. The first-order valence-electron chi connectivity index (χ1n) is 6.13. The number of fused-ring (bicyclic) bond motifs is 1. The second kappa shape index (κ2) is 4.52. The summed E-state index contributed by atoms with van der Waals surface area (Å²) in [7, 11) is 0. The predicted molar refractivity (Wildman–Crippen MR) is 77.3 cm³/mol. The molecule has 1 unspecified atom stereocenters. The Hall–Kier alpha value is -2.12. The van der Waals surface area contributed by atoms with E-state index in [2.05, 4.69) is 11.1 Å². The van der Waals surface area contributed by atoms with E-state index < -0.39 is 0 Å². The lowest BCUT2D eigenvalue weighted by Gasteiger charge is -2.06. The minimum Gasteiger partial charge on any atom is -0.302 e. The zero-order chi connectivity index (χ0) is 13.4. The van der Waals surface area contributed by atoms with Gasteiger partial charge in [-0.05, 0) is 36.9 Å². The molecule has 19 heavy (non-hydrogen) atoms. The van der Waals surface area contributed by atoms with Crippen molar-refractivity contribution in [1.82, 2.24) is 9.38 Å². The lowest BCUT2D eigenvalue weighted by molar-refractivity contribution is 0.898. The van der Waals surface area contributed by atoms with Crippen molar-refractivity contribution in [3.8, 4) is 16.6 Å². The van der Waals surface area contributed by atoms with Crippen molar-refractivity contribution in [2.75, 3.05) is 0 Å². The van der Waals surface area contributed by atoms with Crippen molar-refractivity contribution in [3.05, 3.63) is 47.1 Å². The number of nitriles is 1. The maximum atomic E-state index is 9.27. The Balaban J connectivity index is 2.36. The number of hydrogen-bond donors (Lipinski definition) is 0. The molecule has 4 heteroatoms. The van der Waals surface area contributed by atoms with Crippen LogP contribution in [0.15, 0.2) is 35.8 Å². The van der Waals surface area contributed by atoms with Crippen LogP contribution in [0.1, 0.15) is 24.1 Å². The highest BCUT2D eigenvalue weighted by atomic mass is 32.1. The fourth-order valence-corrected chi connectivity index (χ4v) is 2.96. The van der Waals surface area contributed by atoms with Crippen molar-refractivity contribution >= 4 is 17.0 Å². The van der Waals surface area contributed by atoms with E-state index in [9.17, 15) is 5.26 Å². The van der Waals surface area contributed by atoms with Crippen LogP contribution in [-0.2, 0) is 0 Å². The molecular formula is C15H13N3S. The standard InChI is InChI=1S/C15H13N3S/c1-10-5-6-13-17-14(12-4-3-7-19-12)15(11(2)8-16)18(13)9-10/h3-7,9,11H,1-2H3. The number of pyridine rings is 1. The minimum absolute atomic E-state index is 0.186.